The van der Waals surface area contributed by atoms with Crippen molar-refractivity contribution >= 4 is 21.8 Å². The normalized spacial score (nSPS) is 15.8. The van der Waals surface area contributed by atoms with Crippen molar-refractivity contribution < 1.29 is 36.9 Å². The molecule has 148 valence electrons. The van der Waals surface area contributed by atoms with Crippen LogP contribution in [0.25, 0.3) is 0 Å². The summed E-state index contributed by atoms with van der Waals surface area (Å²) in [6.07, 6.45) is -0.979. The lowest BCUT2D eigenvalue weighted by atomic mass is 10.1. The van der Waals surface area contributed by atoms with Crippen LogP contribution in [0.2, 0.25) is 0 Å². The van der Waals surface area contributed by atoms with Gasteiger partial charge in [0.1, 0.15) is 13.2 Å². The number of benzene rings is 2. The molecule has 0 saturated heterocycles. The number of carbonyl (C=O) groups is 1. The van der Waals surface area contributed by atoms with Crippen LogP contribution in [0.15, 0.2) is 41.3 Å². The van der Waals surface area contributed by atoms with E-state index in [-0.39, 0.29) is 23.0 Å². The lowest BCUT2D eigenvalue weighted by Crippen LogP contribution is -2.35. The fourth-order valence-electron chi connectivity index (χ4n) is 2.55. The summed E-state index contributed by atoms with van der Waals surface area (Å²) in [7, 11) is -4.06. The largest absolute Gasteiger partial charge is 0.486 e. The van der Waals surface area contributed by atoms with Gasteiger partial charge in [0, 0.05) is 6.07 Å². The Morgan fingerprint density at radius 2 is 1.96 bits per heavy atom. The SMILES string of the molecule is Cc1ccc(S(=O)(=O)OCC2COc3ccc([N+](=O)[O-])c(C(=O)O)c3O2)cc1. The van der Waals surface area contributed by atoms with E-state index in [9.17, 15) is 28.4 Å². The van der Waals surface area contributed by atoms with Crippen LogP contribution >= 0.6 is 0 Å². The molecule has 0 saturated carbocycles. The zero-order valence-electron chi connectivity index (χ0n) is 14.5. The number of hydrogen-bond acceptors (Lipinski definition) is 8. The van der Waals surface area contributed by atoms with E-state index in [0.717, 1.165) is 11.6 Å². The van der Waals surface area contributed by atoms with Gasteiger partial charge in [0.05, 0.1) is 9.82 Å². The number of aryl methyl sites for hydroxylation is 1. The van der Waals surface area contributed by atoms with Gasteiger partial charge in [-0.05, 0) is 25.1 Å². The molecule has 0 aromatic heterocycles. The zero-order chi connectivity index (χ0) is 20.5. The van der Waals surface area contributed by atoms with Gasteiger partial charge in [0.2, 0.25) is 0 Å². The fraction of sp³-hybridized carbons (Fsp3) is 0.235. The first-order valence-corrected chi connectivity index (χ1v) is 9.40. The molecular weight excluding hydrogens is 394 g/mol. The van der Waals surface area contributed by atoms with Crippen molar-refractivity contribution in [1.82, 2.24) is 0 Å². The number of nitrogens with zero attached hydrogens (tertiary/aromatic N) is 1. The summed E-state index contributed by atoms with van der Waals surface area (Å²) in [6, 6.07) is 8.24. The van der Waals surface area contributed by atoms with E-state index >= 15 is 0 Å². The minimum Gasteiger partial charge on any atom is -0.486 e. The fourth-order valence-corrected chi connectivity index (χ4v) is 3.48. The van der Waals surface area contributed by atoms with Crippen LogP contribution in [0.3, 0.4) is 0 Å². The van der Waals surface area contributed by atoms with E-state index in [1.165, 1.54) is 18.2 Å². The van der Waals surface area contributed by atoms with Gasteiger partial charge >= 0.3 is 5.97 Å². The lowest BCUT2D eigenvalue weighted by Gasteiger charge is -2.27. The predicted octanol–water partition coefficient (Wildman–Crippen LogP) is 2.15. The minimum atomic E-state index is -4.06. The molecule has 0 spiro atoms. The number of fused-ring (bicyclic) bond motifs is 1. The van der Waals surface area contributed by atoms with Crippen LogP contribution in [0, 0.1) is 17.0 Å². The van der Waals surface area contributed by atoms with Gasteiger partial charge in [0.15, 0.2) is 23.2 Å². The van der Waals surface area contributed by atoms with E-state index in [0.29, 0.717) is 0 Å². The van der Waals surface area contributed by atoms with E-state index in [2.05, 4.69) is 0 Å². The van der Waals surface area contributed by atoms with Crippen molar-refractivity contribution in [2.45, 2.75) is 17.9 Å². The van der Waals surface area contributed by atoms with E-state index in [1.807, 2.05) is 0 Å². The van der Waals surface area contributed by atoms with Gasteiger partial charge in [-0.25, -0.2) is 4.79 Å². The number of ether oxygens (including phenoxy) is 2. The van der Waals surface area contributed by atoms with Crippen LogP contribution < -0.4 is 9.47 Å². The molecule has 28 heavy (non-hydrogen) atoms. The van der Waals surface area contributed by atoms with Crippen LogP contribution in [-0.4, -0.2) is 43.7 Å². The van der Waals surface area contributed by atoms with Crippen molar-refractivity contribution in [2.75, 3.05) is 13.2 Å². The van der Waals surface area contributed by atoms with Crippen molar-refractivity contribution in [2.24, 2.45) is 0 Å². The summed E-state index contributed by atoms with van der Waals surface area (Å²) in [5, 5.41) is 20.4. The highest BCUT2D eigenvalue weighted by Crippen LogP contribution is 2.40. The number of nitro groups is 1. The Hall–Kier alpha value is -3.18. The molecule has 10 nitrogen and oxygen atoms in total. The van der Waals surface area contributed by atoms with Gasteiger partial charge in [-0.2, -0.15) is 8.42 Å². The third-order valence-corrected chi connectivity index (χ3v) is 5.23. The summed E-state index contributed by atoms with van der Waals surface area (Å²) in [5.41, 5.74) is -0.459. The molecule has 0 aliphatic carbocycles. The first-order chi connectivity index (χ1) is 13.2. The Morgan fingerprint density at radius 3 is 2.57 bits per heavy atom. The molecule has 11 heteroatoms. The third kappa shape index (κ3) is 3.89. The highest BCUT2D eigenvalue weighted by Gasteiger charge is 2.33. The molecule has 1 heterocycles. The molecule has 2 aromatic carbocycles. The monoisotopic (exact) mass is 409 g/mol. The summed E-state index contributed by atoms with van der Waals surface area (Å²) < 4.78 is 40.3. The number of carboxylic acid groups (broad SMARTS) is 1. The third-order valence-electron chi connectivity index (χ3n) is 3.94. The first-order valence-electron chi connectivity index (χ1n) is 7.99. The highest BCUT2D eigenvalue weighted by atomic mass is 32.2. The van der Waals surface area contributed by atoms with Gasteiger partial charge in [-0.1, -0.05) is 17.7 Å². The average Bonchev–Trinajstić information content (AvgIpc) is 2.65. The molecule has 2 aromatic rings. The van der Waals surface area contributed by atoms with Crippen LogP contribution in [-0.2, 0) is 14.3 Å². The average molecular weight is 409 g/mol. The van der Waals surface area contributed by atoms with Crippen molar-refractivity contribution in [1.29, 1.82) is 0 Å². The molecule has 0 bridgehead atoms. The second kappa shape index (κ2) is 7.44. The smallest absolute Gasteiger partial charge is 0.346 e. The zero-order valence-corrected chi connectivity index (χ0v) is 15.3. The number of carboxylic acids is 1. The van der Waals surface area contributed by atoms with Gasteiger partial charge in [-0.3, -0.25) is 14.3 Å². The number of nitro benzene ring substituents is 1. The Bertz CT molecular complexity index is 1030. The first kappa shape index (κ1) is 19.6. The van der Waals surface area contributed by atoms with Gasteiger partial charge in [0.25, 0.3) is 15.8 Å². The highest BCUT2D eigenvalue weighted by molar-refractivity contribution is 7.86. The molecule has 1 aliphatic rings. The molecular formula is C17H15NO9S. The molecule has 0 fully saturated rings. The Kier molecular flexibility index (Phi) is 5.21. The van der Waals surface area contributed by atoms with Gasteiger partial charge in [-0.15, -0.1) is 0 Å². The number of hydrogen-bond donors (Lipinski definition) is 1. The maximum absolute atomic E-state index is 12.2. The second-order valence-corrected chi connectivity index (χ2v) is 7.57. The van der Waals surface area contributed by atoms with Crippen LogP contribution in [0.5, 0.6) is 11.5 Å². The topological polar surface area (TPSA) is 142 Å². The summed E-state index contributed by atoms with van der Waals surface area (Å²) >= 11 is 0. The minimum absolute atomic E-state index is 0.0145. The van der Waals surface area contributed by atoms with E-state index in [1.54, 1.807) is 19.1 Å². The Labute approximate surface area is 159 Å². The number of aromatic carboxylic acids is 1. The molecule has 1 unspecified atom stereocenters. The van der Waals surface area contributed by atoms with Crippen molar-refractivity contribution in [3.05, 3.63) is 57.6 Å². The number of rotatable bonds is 6. The Balaban J connectivity index is 1.80. The molecule has 0 radical (unpaired) electrons. The molecule has 1 aliphatic heterocycles. The lowest BCUT2D eigenvalue weighted by molar-refractivity contribution is -0.385. The van der Waals surface area contributed by atoms with E-state index < -0.39 is 45.0 Å². The quantitative estimate of drug-likeness (QED) is 0.431. The summed E-state index contributed by atoms with van der Waals surface area (Å²) in [5.74, 6) is -1.89. The van der Waals surface area contributed by atoms with Gasteiger partial charge < -0.3 is 14.6 Å². The second-order valence-electron chi connectivity index (χ2n) is 5.95. The molecule has 1 atom stereocenters. The van der Waals surface area contributed by atoms with Crippen LogP contribution in [0.1, 0.15) is 15.9 Å². The standard InChI is InChI=1S/C17H15NO9S/c1-10-2-4-12(5-3-10)28(23,24)26-9-11-8-25-14-7-6-13(18(21)22)15(17(19)20)16(14)27-11/h2-7,11H,8-9H2,1H3,(H,19,20). The molecule has 3 rings (SSSR count). The van der Waals surface area contributed by atoms with Crippen molar-refractivity contribution in [3.63, 3.8) is 0 Å². The summed E-state index contributed by atoms with van der Waals surface area (Å²) in [6.45, 7) is 1.23. The van der Waals surface area contributed by atoms with E-state index in [4.69, 9.17) is 13.7 Å². The molecule has 1 N–H and O–H groups in total. The molecule has 0 amide bonds. The summed E-state index contributed by atoms with van der Waals surface area (Å²) in [4.78, 5) is 21.6. The maximum Gasteiger partial charge on any atom is 0.346 e. The predicted molar refractivity (Wildman–Crippen MR) is 94.3 cm³/mol. The Morgan fingerprint density at radius 1 is 1.29 bits per heavy atom. The maximum atomic E-state index is 12.2. The van der Waals surface area contributed by atoms with Crippen LogP contribution in [0.4, 0.5) is 5.69 Å². The van der Waals surface area contributed by atoms with Crippen molar-refractivity contribution in [3.8, 4) is 11.5 Å².